The Morgan fingerprint density at radius 1 is 1.36 bits per heavy atom. The second-order valence-electron chi connectivity index (χ2n) is 5.72. The maximum Gasteiger partial charge on any atom is 0.148 e. The molecule has 0 bridgehead atoms. The van der Waals surface area contributed by atoms with E-state index < -0.39 is 0 Å². The summed E-state index contributed by atoms with van der Waals surface area (Å²) >= 11 is 0. The van der Waals surface area contributed by atoms with E-state index in [-0.39, 0.29) is 10.8 Å². The molecule has 1 rings (SSSR count). The number of carbonyl (C=O) groups is 1. The lowest BCUT2D eigenvalue weighted by Crippen LogP contribution is -2.39. The Bertz CT molecular complexity index is 257. The third-order valence-corrected chi connectivity index (χ3v) is 3.37. The van der Waals surface area contributed by atoms with Gasteiger partial charge in [-0.15, -0.1) is 0 Å². The van der Waals surface area contributed by atoms with Crippen molar-refractivity contribution >= 4 is 5.78 Å². The van der Waals surface area contributed by atoms with Gasteiger partial charge in [0, 0.05) is 10.8 Å². The van der Waals surface area contributed by atoms with Gasteiger partial charge in [-0.25, -0.2) is 0 Å². The van der Waals surface area contributed by atoms with Gasteiger partial charge in [0.05, 0.1) is 0 Å². The molecule has 1 aliphatic rings. The van der Waals surface area contributed by atoms with Crippen molar-refractivity contribution in [2.45, 2.75) is 53.4 Å². The van der Waals surface area contributed by atoms with E-state index >= 15 is 0 Å². The van der Waals surface area contributed by atoms with E-state index in [1.807, 2.05) is 20.8 Å². The lowest BCUT2D eigenvalue weighted by molar-refractivity contribution is -0.134. The number of rotatable bonds is 1. The maximum atomic E-state index is 12.3. The highest BCUT2D eigenvalue weighted by molar-refractivity contribution is 5.91. The molecule has 0 saturated heterocycles. The van der Waals surface area contributed by atoms with Crippen molar-refractivity contribution in [3.8, 4) is 0 Å². The summed E-state index contributed by atoms with van der Waals surface area (Å²) in [5.74, 6) is 0.356. The van der Waals surface area contributed by atoms with Crippen molar-refractivity contribution in [1.82, 2.24) is 0 Å². The van der Waals surface area contributed by atoms with Crippen LogP contribution in [0.15, 0.2) is 12.2 Å². The minimum absolute atomic E-state index is 0.241. The molecule has 14 heavy (non-hydrogen) atoms. The van der Waals surface area contributed by atoms with Crippen molar-refractivity contribution in [3.05, 3.63) is 12.2 Å². The highest BCUT2D eigenvalue weighted by atomic mass is 16.1. The average Bonchev–Trinajstić information content (AvgIpc) is 2.07. The van der Waals surface area contributed by atoms with Gasteiger partial charge in [-0.2, -0.15) is 0 Å². The fourth-order valence-corrected chi connectivity index (χ4v) is 2.37. The molecule has 1 nitrogen and oxygen atoms in total. The first-order valence-corrected chi connectivity index (χ1v) is 5.51. The summed E-state index contributed by atoms with van der Waals surface area (Å²) in [5, 5.41) is 0. The molecule has 0 aromatic heterocycles. The van der Waals surface area contributed by atoms with Crippen LogP contribution < -0.4 is 0 Å². The Morgan fingerprint density at radius 3 is 2.36 bits per heavy atom. The molecule has 0 aliphatic heterocycles. The van der Waals surface area contributed by atoms with Crippen molar-refractivity contribution in [2.24, 2.45) is 10.8 Å². The first-order valence-electron chi connectivity index (χ1n) is 5.51. The molecular weight excluding hydrogens is 172 g/mol. The predicted octanol–water partition coefficient (Wildman–Crippen LogP) is 3.74. The number of ketones is 1. The number of allylic oxidation sites excluding steroid dienone is 1. The third-order valence-electron chi connectivity index (χ3n) is 3.37. The molecule has 0 spiro atoms. The smallest absolute Gasteiger partial charge is 0.148 e. The Kier molecular flexibility index (Phi) is 2.89. The van der Waals surface area contributed by atoms with Gasteiger partial charge in [0.25, 0.3) is 0 Å². The Balaban J connectivity index is 2.93. The lowest BCUT2D eigenvalue weighted by atomic mass is 9.64. The molecule has 1 saturated carbocycles. The molecule has 1 aliphatic carbocycles. The Labute approximate surface area is 87.6 Å². The zero-order valence-corrected chi connectivity index (χ0v) is 9.94. The van der Waals surface area contributed by atoms with Crippen LogP contribution in [0.3, 0.4) is 0 Å². The molecule has 1 fully saturated rings. The van der Waals surface area contributed by atoms with Crippen LogP contribution >= 0.6 is 0 Å². The fourth-order valence-electron chi connectivity index (χ4n) is 2.37. The van der Waals surface area contributed by atoms with E-state index in [1.54, 1.807) is 0 Å². The van der Waals surface area contributed by atoms with Gasteiger partial charge in [0.1, 0.15) is 5.78 Å². The summed E-state index contributed by atoms with van der Waals surface area (Å²) in [6.07, 6.45) is 4.38. The zero-order chi connectivity index (χ0) is 11.0. The SMILES string of the molecule is C=C1CCCCC1(C)C(=O)C(C)(C)C. The number of hydrogen-bond donors (Lipinski definition) is 0. The van der Waals surface area contributed by atoms with E-state index in [0.717, 1.165) is 24.8 Å². The minimum atomic E-state index is -0.253. The standard InChI is InChI=1S/C13H22O/c1-10-8-6-7-9-13(10,5)11(14)12(2,3)4/h1,6-9H2,2-5H3. The molecule has 1 unspecified atom stereocenters. The monoisotopic (exact) mass is 194 g/mol. The van der Waals surface area contributed by atoms with Crippen LogP contribution in [0.1, 0.15) is 53.4 Å². The van der Waals surface area contributed by atoms with Gasteiger partial charge in [0.2, 0.25) is 0 Å². The van der Waals surface area contributed by atoms with Crippen LogP contribution in [0.5, 0.6) is 0 Å². The van der Waals surface area contributed by atoms with Crippen LogP contribution in [-0.2, 0) is 4.79 Å². The normalized spacial score (nSPS) is 29.0. The fraction of sp³-hybridized carbons (Fsp3) is 0.769. The van der Waals surface area contributed by atoms with Gasteiger partial charge in [-0.05, 0) is 26.2 Å². The molecule has 0 amide bonds. The van der Waals surface area contributed by atoms with Crippen LogP contribution in [-0.4, -0.2) is 5.78 Å². The highest BCUT2D eigenvalue weighted by Gasteiger charge is 2.42. The van der Waals surface area contributed by atoms with Crippen molar-refractivity contribution in [2.75, 3.05) is 0 Å². The summed E-state index contributed by atoms with van der Waals surface area (Å²) in [6, 6.07) is 0. The van der Waals surface area contributed by atoms with Crippen LogP contribution in [0.25, 0.3) is 0 Å². The van der Waals surface area contributed by atoms with Crippen LogP contribution in [0, 0.1) is 10.8 Å². The molecule has 1 heteroatoms. The van der Waals surface area contributed by atoms with Crippen LogP contribution in [0.4, 0.5) is 0 Å². The summed E-state index contributed by atoms with van der Waals surface area (Å²) in [4.78, 5) is 12.3. The first kappa shape index (κ1) is 11.5. The van der Waals surface area contributed by atoms with E-state index in [9.17, 15) is 4.79 Å². The minimum Gasteiger partial charge on any atom is -0.298 e. The van der Waals surface area contributed by atoms with Gasteiger partial charge in [-0.3, -0.25) is 4.79 Å². The van der Waals surface area contributed by atoms with E-state index in [0.29, 0.717) is 5.78 Å². The van der Waals surface area contributed by atoms with E-state index in [1.165, 1.54) is 6.42 Å². The second-order valence-corrected chi connectivity index (χ2v) is 5.72. The first-order chi connectivity index (χ1) is 6.28. The summed E-state index contributed by atoms with van der Waals surface area (Å²) in [5.41, 5.74) is 0.648. The average molecular weight is 194 g/mol. The summed E-state index contributed by atoms with van der Waals surface area (Å²) in [6.45, 7) is 12.2. The molecular formula is C13H22O. The zero-order valence-electron chi connectivity index (χ0n) is 9.94. The van der Waals surface area contributed by atoms with Gasteiger partial charge in [0.15, 0.2) is 0 Å². The lowest BCUT2D eigenvalue weighted by Gasteiger charge is -2.38. The van der Waals surface area contributed by atoms with Gasteiger partial charge >= 0.3 is 0 Å². The number of Topliss-reactive ketones (excluding diaryl/α,β-unsaturated/α-hetero) is 1. The second kappa shape index (κ2) is 3.52. The highest BCUT2D eigenvalue weighted by Crippen LogP contribution is 2.44. The molecule has 0 aromatic rings. The molecule has 0 radical (unpaired) electrons. The van der Waals surface area contributed by atoms with Crippen LogP contribution in [0.2, 0.25) is 0 Å². The Morgan fingerprint density at radius 2 is 1.93 bits per heavy atom. The van der Waals surface area contributed by atoms with Crippen molar-refractivity contribution in [3.63, 3.8) is 0 Å². The summed E-state index contributed by atoms with van der Waals surface area (Å²) < 4.78 is 0. The third kappa shape index (κ3) is 1.92. The van der Waals surface area contributed by atoms with Crippen molar-refractivity contribution < 1.29 is 4.79 Å². The van der Waals surface area contributed by atoms with Gasteiger partial charge < -0.3 is 0 Å². The largest absolute Gasteiger partial charge is 0.298 e. The number of hydrogen-bond acceptors (Lipinski definition) is 1. The summed E-state index contributed by atoms with van der Waals surface area (Å²) in [7, 11) is 0. The van der Waals surface area contributed by atoms with Gasteiger partial charge in [-0.1, -0.05) is 39.3 Å². The Hall–Kier alpha value is -0.590. The number of carbonyl (C=O) groups excluding carboxylic acids is 1. The molecule has 0 aromatic carbocycles. The topological polar surface area (TPSA) is 17.1 Å². The molecule has 0 heterocycles. The van der Waals surface area contributed by atoms with E-state index in [2.05, 4.69) is 13.5 Å². The quantitative estimate of drug-likeness (QED) is 0.581. The molecule has 1 atom stereocenters. The predicted molar refractivity (Wildman–Crippen MR) is 60.2 cm³/mol. The molecule has 0 N–H and O–H groups in total. The van der Waals surface area contributed by atoms with Crippen molar-refractivity contribution in [1.29, 1.82) is 0 Å². The maximum absolute atomic E-state index is 12.3. The molecule has 80 valence electrons. The van der Waals surface area contributed by atoms with E-state index in [4.69, 9.17) is 0 Å².